The second-order valence-electron chi connectivity index (χ2n) is 6.85. The zero-order chi connectivity index (χ0) is 19.1. The Labute approximate surface area is 158 Å². The minimum atomic E-state index is -0.514. The van der Waals surface area contributed by atoms with Crippen LogP contribution in [0.3, 0.4) is 0 Å². The summed E-state index contributed by atoms with van der Waals surface area (Å²) in [5.74, 6) is 0.887. The Balaban J connectivity index is 1.44. The highest BCUT2D eigenvalue weighted by Gasteiger charge is 2.21. The monoisotopic (exact) mass is 373 g/mol. The Bertz CT molecular complexity index is 1270. The van der Waals surface area contributed by atoms with E-state index in [2.05, 4.69) is 26.5 Å². The smallest absolute Gasteiger partial charge is 0.408 e. The fourth-order valence-corrected chi connectivity index (χ4v) is 3.04. The molecule has 138 valence electrons. The van der Waals surface area contributed by atoms with Crippen LogP contribution < -0.4 is 11.1 Å². The number of anilines is 1. The topological polar surface area (TPSA) is 121 Å². The second-order valence-corrected chi connectivity index (χ2v) is 6.85. The summed E-state index contributed by atoms with van der Waals surface area (Å²) >= 11 is 0. The third kappa shape index (κ3) is 3.03. The molecule has 0 saturated heterocycles. The number of oxazole rings is 1. The lowest BCUT2D eigenvalue weighted by Crippen LogP contribution is -2.04. The highest BCUT2D eigenvalue weighted by molar-refractivity contribution is 5.78. The van der Waals surface area contributed by atoms with E-state index in [9.17, 15) is 10.1 Å². The molecule has 0 unspecified atom stereocenters. The summed E-state index contributed by atoms with van der Waals surface area (Å²) in [6.45, 7) is 0.885. The maximum atomic E-state index is 11.3. The van der Waals surface area contributed by atoms with Gasteiger partial charge in [-0.1, -0.05) is 5.16 Å². The van der Waals surface area contributed by atoms with Crippen LogP contribution in [0.1, 0.15) is 18.4 Å². The Kier molecular flexibility index (Phi) is 3.72. The Hall–Kier alpha value is -3.86. The zero-order valence-corrected chi connectivity index (χ0v) is 14.7. The van der Waals surface area contributed by atoms with Crippen LogP contribution in [0.2, 0.25) is 0 Å². The molecule has 1 saturated carbocycles. The van der Waals surface area contributed by atoms with E-state index in [0.717, 1.165) is 12.2 Å². The number of nitrogens with one attached hydrogen (secondary N) is 2. The third-order valence-corrected chi connectivity index (χ3v) is 4.77. The Morgan fingerprint density at radius 2 is 2.07 bits per heavy atom. The van der Waals surface area contributed by atoms with Crippen molar-refractivity contribution in [2.24, 2.45) is 5.92 Å². The first-order valence-electron chi connectivity index (χ1n) is 8.95. The highest BCUT2D eigenvalue weighted by Crippen LogP contribution is 2.31. The first kappa shape index (κ1) is 16.3. The average molecular weight is 373 g/mol. The first-order valence-corrected chi connectivity index (χ1v) is 8.95. The van der Waals surface area contributed by atoms with Crippen LogP contribution in [-0.2, 0) is 0 Å². The Morgan fingerprint density at radius 1 is 1.21 bits per heavy atom. The summed E-state index contributed by atoms with van der Waals surface area (Å²) in [6.07, 6.45) is 2.49. The van der Waals surface area contributed by atoms with Crippen LogP contribution in [0.25, 0.3) is 33.9 Å². The molecule has 1 aliphatic rings. The molecular weight excluding hydrogens is 358 g/mol. The van der Waals surface area contributed by atoms with Crippen molar-refractivity contribution in [2.45, 2.75) is 12.8 Å². The van der Waals surface area contributed by atoms with Crippen LogP contribution >= 0.6 is 0 Å². The maximum Gasteiger partial charge on any atom is 0.417 e. The van der Waals surface area contributed by atoms with Gasteiger partial charge in [-0.3, -0.25) is 4.98 Å². The van der Waals surface area contributed by atoms with Gasteiger partial charge in [-0.2, -0.15) is 10.2 Å². The molecule has 5 rings (SSSR count). The van der Waals surface area contributed by atoms with Crippen LogP contribution in [-0.4, -0.2) is 21.7 Å². The minimum Gasteiger partial charge on any atom is -0.408 e. The molecule has 0 spiro atoms. The molecule has 1 fully saturated rings. The molecule has 28 heavy (non-hydrogen) atoms. The molecule has 2 aromatic carbocycles. The normalized spacial score (nSPS) is 13.5. The van der Waals surface area contributed by atoms with E-state index in [-0.39, 0.29) is 0 Å². The molecule has 2 aromatic heterocycles. The van der Waals surface area contributed by atoms with Crippen molar-refractivity contribution >= 4 is 16.8 Å². The molecule has 1 aliphatic carbocycles. The summed E-state index contributed by atoms with van der Waals surface area (Å²) in [5, 5.41) is 16.8. The molecule has 0 aliphatic heterocycles. The van der Waals surface area contributed by atoms with Crippen molar-refractivity contribution in [1.82, 2.24) is 15.1 Å². The van der Waals surface area contributed by atoms with Gasteiger partial charge < -0.3 is 14.3 Å². The Morgan fingerprint density at radius 3 is 2.89 bits per heavy atom. The predicted molar refractivity (Wildman–Crippen MR) is 101 cm³/mol. The molecule has 0 radical (unpaired) electrons. The van der Waals surface area contributed by atoms with Crippen molar-refractivity contribution < 1.29 is 8.94 Å². The number of nitrogens with zero attached hydrogens (tertiary/aromatic N) is 3. The first-order chi connectivity index (χ1) is 13.7. The number of aromatic nitrogens is 3. The average Bonchev–Trinajstić information content (AvgIpc) is 3.26. The van der Waals surface area contributed by atoms with Gasteiger partial charge in [0.15, 0.2) is 5.58 Å². The van der Waals surface area contributed by atoms with Gasteiger partial charge in [0.1, 0.15) is 6.07 Å². The number of fused-ring (bicyclic) bond motifs is 1. The van der Waals surface area contributed by atoms with Gasteiger partial charge in [0, 0.05) is 17.7 Å². The summed E-state index contributed by atoms with van der Waals surface area (Å²) in [5.41, 5.74) is 3.70. The molecule has 8 heteroatoms. The second kappa shape index (κ2) is 6.39. The molecule has 8 nitrogen and oxygen atoms in total. The van der Waals surface area contributed by atoms with E-state index in [1.165, 1.54) is 12.8 Å². The molecule has 2 heterocycles. The van der Waals surface area contributed by atoms with Crippen molar-refractivity contribution in [2.75, 3.05) is 11.9 Å². The summed E-state index contributed by atoms with van der Waals surface area (Å²) in [6, 6.07) is 12.8. The lowest BCUT2D eigenvalue weighted by atomic mass is 10.1. The zero-order valence-electron chi connectivity index (χ0n) is 14.7. The minimum absolute atomic E-state index is 0.316. The van der Waals surface area contributed by atoms with Crippen molar-refractivity contribution in [3.05, 3.63) is 52.5 Å². The van der Waals surface area contributed by atoms with E-state index in [0.29, 0.717) is 45.4 Å². The van der Waals surface area contributed by atoms with Crippen molar-refractivity contribution in [3.63, 3.8) is 0 Å². The number of aromatic amines is 1. The fourth-order valence-electron chi connectivity index (χ4n) is 3.04. The summed E-state index contributed by atoms with van der Waals surface area (Å²) < 4.78 is 10.4. The number of H-pyrrole nitrogens is 1. The third-order valence-electron chi connectivity index (χ3n) is 4.77. The van der Waals surface area contributed by atoms with E-state index in [1.807, 2.05) is 12.1 Å². The molecular formula is C20H15N5O3. The number of hydrogen-bond acceptors (Lipinski definition) is 7. The molecule has 4 aromatic rings. The van der Waals surface area contributed by atoms with Gasteiger partial charge in [0.2, 0.25) is 5.82 Å². The maximum absolute atomic E-state index is 11.3. The van der Waals surface area contributed by atoms with Crippen LogP contribution in [0, 0.1) is 17.2 Å². The highest BCUT2D eigenvalue weighted by atomic mass is 16.5. The quantitative estimate of drug-likeness (QED) is 0.549. The van der Waals surface area contributed by atoms with Crippen LogP contribution in [0.4, 0.5) is 5.69 Å². The van der Waals surface area contributed by atoms with E-state index < -0.39 is 5.76 Å². The number of hydrogen-bond donors (Lipinski definition) is 2. The molecule has 0 atom stereocenters. The number of benzene rings is 2. The number of nitriles is 1. The van der Waals surface area contributed by atoms with Crippen molar-refractivity contribution in [3.8, 4) is 28.9 Å². The lowest BCUT2D eigenvalue weighted by molar-refractivity contribution is 0.432. The van der Waals surface area contributed by atoms with Gasteiger partial charge in [-0.25, -0.2) is 4.79 Å². The molecule has 2 N–H and O–H groups in total. The van der Waals surface area contributed by atoms with Crippen molar-refractivity contribution in [1.29, 1.82) is 5.26 Å². The predicted octanol–water partition coefficient (Wildman–Crippen LogP) is 3.53. The lowest BCUT2D eigenvalue weighted by Gasteiger charge is -2.07. The van der Waals surface area contributed by atoms with E-state index >= 15 is 0 Å². The molecule has 0 amide bonds. The van der Waals surface area contributed by atoms with Gasteiger partial charge in [0.05, 0.1) is 16.8 Å². The SMILES string of the molecule is N#Cc1cc(-c2nc(-c3ccc4[nH]c(=O)oc4c3)no2)ccc1NCC1CC1. The largest absolute Gasteiger partial charge is 0.417 e. The summed E-state index contributed by atoms with van der Waals surface area (Å²) in [7, 11) is 0. The molecule has 0 bridgehead atoms. The van der Waals surface area contributed by atoms with Gasteiger partial charge in [-0.05, 0) is 55.2 Å². The standard InChI is InChI=1S/C20H15N5O3/c21-9-14-7-13(4-5-15(14)22-10-11-1-2-11)19-24-18(25-28-19)12-3-6-16-17(8-12)27-20(26)23-16/h3-8,11,22H,1-2,10H2,(H,23,26). The summed E-state index contributed by atoms with van der Waals surface area (Å²) in [4.78, 5) is 18.3. The van der Waals surface area contributed by atoms with Gasteiger partial charge >= 0.3 is 5.76 Å². The van der Waals surface area contributed by atoms with Crippen LogP contribution in [0.15, 0.2) is 50.1 Å². The van der Waals surface area contributed by atoms with E-state index in [1.54, 1.807) is 24.3 Å². The van der Waals surface area contributed by atoms with Crippen LogP contribution in [0.5, 0.6) is 0 Å². The number of rotatable bonds is 5. The fraction of sp³-hybridized carbons (Fsp3) is 0.200. The van der Waals surface area contributed by atoms with Gasteiger partial charge in [0.25, 0.3) is 5.89 Å². The van der Waals surface area contributed by atoms with E-state index in [4.69, 9.17) is 8.94 Å². The van der Waals surface area contributed by atoms with Gasteiger partial charge in [-0.15, -0.1) is 0 Å².